The van der Waals surface area contributed by atoms with Crippen LogP contribution in [0.5, 0.6) is 0 Å². The van der Waals surface area contributed by atoms with E-state index in [1.54, 1.807) is 0 Å². The van der Waals surface area contributed by atoms with E-state index in [2.05, 4.69) is 167 Å². The molecule has 0 fully saturated rings. The first-order chi connectivity index (χ1) is 35.5. The van der Waals surface area contributed by atoms with Gasteiger partial charge in [-0.1, -0.05) is 237 Å². The second-order valence-corrected chi connectivity index (χ2v) is 18.4. The topological polar surface area (TPSA) is 78.9 Å². The van der Waals surface area contributed by atoms with Crippen molar-refractivity contribution in [3.05, 3.63) is 146 Å². The van der Waals surface area contributed by atoms with Crippen LogP contribution < -0.4 is 0 Å². The molecular weight excluding hydrogens is 889 g/mol. The van der Waals surface area contributed by atoms with Crippen molar-refractivity contribution in [1.82, 2.24) is 0 Å². The van der Waals surface area contributed by atoms with Crippen molar-refractivity contribution in [1.29, 1.82) is 0 Å². The Labute approximate surface area is 442 Å². The van der Waals surface area contributed by atoms with Gasteiger partial charge in [0.1, 0.15) is 13.2 Å². The molecule has 6 nitrogen and oxygen atoms in total. The summed E-state index contributed by atoms with van der Waals surface area (Å²) in [6.45, 7) is 6.32. The van der Waals surface area contributed by atoms with Gasteiger partial charge in [-0.05, 0) is 122 Å². The summed E-state index contributed by atoms with van der Waals surface area (Å²) in [5, 5.41) is 0. The third kappa shape index (κ3) is 56.2. The predicted molar refractivity (Wildman–Crippen MR) is 311 cm³/mol. The van der Waals surface area contributed by atoms with Gasteiger partial charge in [0.05, 0.1) is 0 Å². The lowest BCUT2D eigenvalue weighted by atomic mass is 10.1. The molecule has 0 N–H and O–H groups in total. The predicted octanol–water partition coefficient (Wildman–Crippen LogP) is 19.6. The van der Waals surface area contributed by atoms with E-state index in [0.717, 1.165) is 141 Å². The fourth-order valence-electron chi connectivity index (χ4n) is 7.33. The highest BCUT2D eigenvalue weighted by atomic mass is 16.6. The lowest BCUT2D eigenvalue weighted by Gasteiger charge is -2.18. The van der Waals surface area contributed by atoms with Gasteiger partial charge >= 0.3 is 17.9 Å². The molecule has 0 saturated carbocycles. The van der Waals surface area contributed by atoms with Crippen LogP contribution in [0.15, 0.2) is 146 Å². The second-order valence-electron chi connectivity index (χ2n) is 18.4. The third-order valence-electron chi connectivity index (χ3n) is 11.6. The third-order valence-corrected chi connectivity index (χ3v) is 11.6. The second kappa shape index (κ2) is 58.9. The number of rotatable bonds is 50. The number of allylic oxidation sites excluding steroid dienone is 24. The van der Waals surface area contributed by atoms with Crippen LogP contribution in [-0.2, 0) is 28.6 Å². The average Bonchev–Trinajstić information content (AvgIpc) is 3.38. The Bertz CT molecular complexity index is 1610. The zero-order valence-corrected chi connectivity index (χ0v) is 46.1. The SMILES string of the molecule is CC/C=C\C/C=C\C/C=C\C/C=C\C/C=C\C/C=C\CCCCCCCCC(=O)OCC(COC(=O)CCCCCCCCCC)OC(=O)CCCC/C=C\C/C=C\C/C=C\C/C=C\C/C=C\C/C=C\CC. The molecule has 0 bridgehead atoms. The van der Waals surface area contributed by atoms with E-state index < -0.39 is 6.10 Å². The van der Waals surface area contributed by atoms with Crippen LogP contribution in [0.4, 0.5) is 0 Å². The molecule has 1 unspecified atom stereocenters. The summed E-state index contributed by atoms with van der Waals surface area (Å²) in [5.74, 6) is -0.976. The number of unbranched alkanes of at least 4 members (excludes halogenated alkanes) is 15. The minimum absolute atomic E-state index is 0.105. The lowest BCUT2D eigenvalue weighted by molar-refractivity contribution is -0.167. The average molecular weight is 994 g/mol. The number of ether oxygens (including phenoxy) is 3. The van der Waals surface area contributed by atoms with Crippen molar-refractivity contribution < 1.29 is 28.6 Å². The zero-order valence-electron chi connectivity index (χ0n) is 46.1. The standard InChI is InChI=1S/C66H104O6/c1-4-7-10-13-16-19-21-23-25-27-29-31-32-33-34-36-37-39-41-43-45-47-50-53-56-59-65(68)71-62-63(61-70-64(67)58-55-52-49-18-15-12-9-6-3)72-66(69)60-57-54-51-48-46-44-42-40-38-35-30-28-26-24-22-20-17-14-11-8-5-2/h7-8,10-11,16-17,19-20,23-26,29-31,33-35,37,39-40,42,46,48,63H,4-6,9,12-15,18,21-22,27-28,32,36,38,41,43-45,47,49-62H2,1-3H3/b10-7-,11-8-,19-16-,20-17-,25-23-,26-24-,31-29-,34-33-,35-30-,39-37-,42-40-,48-46-. The molecule has 0 aromatic carbocycles. The number of hydrogen-bond donors (Lipinski definition) is 0. The fourth-order valence-corrected chi connectivity index (χ4v) is 7.33. The van der Waals surface area contributed by atoms with Gasteiger partial charge in [0, 0.05) is 19.3 Å². The normalized spacial score (nSPS) is 13.2. The van der Waals surface area contributed by atoms with E-state index in [-0.39, 0.29) is 37.5 Å². The first-order valence-electron chi connectivity index (χ1n) is 28.8. The van der Waals surface area contributed by atoms with Gasteiger partial charge in [0.2, 0.25) is 0 Å². The Morgan fingerprint density at radius 1 is 0.292 bits per heavy atom. The largest absolute Gasteiger partial charge is 0.462 e. The minimum Gasteiger partial charge on any atom is -0.462 e. The van der Waals surface area contributed by atoms with E-state index in [4.69, 9.17) is 14.2 Å². The van der Waals surface area contributed by atoms with Crippen LogP contribution in [0.3, 0.4) is 0 Å². The molecule has 0 heterocycles. The number of carbonyl (C=O) groups is 3. The van der Waals surface area contributed by atoms with Gasteiger partial charge in [0.15, 0.2) is 6.10 Å². The number of esters is 3. The molecular formula is C66H104O6. The van der Waals surface area contributed by atoms with Crippen molar-refractivity contribution in [3.8, 4) is 0 Å². The Kier molecular flexibility index (Phi) is 55.0. The molecule has 404 valence electrons. The summed E-state index contributed by atoms with van der Waals surface area (Å²) in [6, 6.07) is 0. The minimum atomic E-state index is -0.812. The molecule has 0 aliphatic carbocycles. The van der Waals surface area contributed by atoms with Crippen LogP contribution in [0.25, 0.3) is 0 Å². The fraction of sp³-hybridized carbons (Fsp3) is 0.591. The maximum absolute atomic E-state index is 12.8. The summed E-state index contributed by atoms with van der Waals surface area (Å²) in [4.78, 5) is 38.0. The maximum Gasteiger partial charge on any atom is 0.306 e. The van der Waals surface area contributed by atoms with Crippen LogP contribution >= 0.6 is 0 Å². The molecule has 0 radical (unpaired) electrons. The molecule has 0 amide bonds. The van der Waals surface area contributed by atoms with Crippen LogP contribution in [0.1, 0.15) is 233 Å². The van der Waals surface area contributed by atoms with Crippen LogP contribution in [0.2, 0.25) is 0 Å². The van der Waals surface area contributed by atoms with Crippen LogP contribution in [-0.4, -0.2) is 37.2 Å². The Hall–Kier alpha value is -4.71. The Morgan fingerprint density at radius 2 is 0.542 bits per heavy atom. The van der Waals surface area contributed by atoms with Gasteiger partial charge in [-0.3, -0.25) is 14.4 Å². The van der Waals surface area contributed by atoms with Crippen molar-refractivity contribution in [2.75, 3.05) is 13.2 Å². The zero-order chi connectivity index (χ0) is 52.2. The molecule has 1 atom stereocenters. The van der Waals surface area contributed by atoms with Crippen molar-refractivity contribution in [2.45, 2.75) is 239 Å². The number of hydrogen-bond acceptors (Lipinski definition) is 6. The first kappa shape index (κ1) is 67.3. The van der Waals surface area contributed by atoms with Crippen molar-refractivity contribution >= 4 is 17.9 Å². The highest BCUT2D eigenvalue weighted by Crippen LogP contribution is 2.13. The van der Waals surface area contributed by atoms with E-state index in [0.29, 0.717) is 19.3 Å². The van der Waals surface area contributed by atoms with Gasteiger partial charge in [-0.25, -0.2) is 0 Å². The highest BCUT2D eigenvalue weighted by Gasteiger charge is 2.19. The molecule has 0 aromatic heterocycles. The molecule has 0 aliphatic rings. The van der Waals surface area contributed by atoms with Crippen molar-refractivity contribution in [2.24, 2.45) is 0 Å². The first-order valence-corrected chi connectivity index (χ1v) is 28.8. The molecule has 0 rings (SSSR count). The Balaban J connectivity index is 4.38. The molecule has 0 aliphatic heterocycles. The lowest BCUT2D eigenvalue weighted by Crippen LogP contribution is -2.30. The molecule has 6 heteroatoms. The van der Waals surface area contributed by atoms with Crippen molar-refractivity contribution in [3.63, 3.8) is 0 Å². The van der Waals surface area contributed by atoms with Gasteiger partial charge in [0.25, 0.3) is 0 Å². The van der Waals surface area contributed by atoms with E-state index >= 15 is 0 Å². The van der Waals surface area contributed by atoms with Gasteiger partial charge in [-0.15, -0.1) is 0 Å². The van der Waals surface area contributed by atoms with E-state index in [1.807, 2.05) is 0 Å². The molecule has 0 spiro atoms. The summed E-state index contributed by atoms with van der Waals surface area (Å²) >= 11 is 0. The monoisotopic (exact) mass is 993 g/mol. The van der Waals surface area contributed by atoms with E-state index in [1.165, 1.54) is 44.9 Å². The highest BCUT2D eigenvalue weighted by molar-refractivity contribution is 5.71. The summed E-state index contributed by atoms with van der Waals surface area (Å²) in [7, 11) is 0. The summed E-state index contributed by atoms with van der Waals surface area (Å²) < 4.78 is 16.8. The quantitative estimate of drug-likeness (QED) is 0.0261. The number of carbonyl (C=O) groups excluding carboxylic acids is 3. The van der Waals surface area contributed by atoms with Crippen LogP contribution in [0, 0.1) is 0 Å². The summed E-state index contributed by atoms with van der Waals surface area (Å²) in [6.07, 6.45) is 84.2. The molecule has 72 heavy (non-hydrogen) atoms. The molecule has 0 aromatic rings. The van der Waals surface area contributed by atoms with E-state index in [9.17, 15) is 14.4 Å². The van der Waals surface area contributed by atoms with Gasteiger partial charge in [-0.2, -0.15) is 0 Å². The summed E-state index contributed by atoms with van der Waals surface area (Å²) in [5.41, 5.74) is 0. The smallest absolute Gasteiger partial charge is 0.306 e. The maximum atomic E-state index is 12.8. The Morgan fingerprint density at radius 3 is 0.875 bits per heavy atom. The van der Waals surface area contributed by atoms with Gasteiger partial charge < -0.3 is 14.2 Å². The molecule has 0 saturated heterocycles.